The fraction of sp³-hybridized carbons (Fsp3) is 0.263. The van der Waals surface area contributed by atoms with Gasteiger partial charge in [-0.1, -0.05) is 6.07 Å². The Hall–Kier alpha value is -2.71. The molecule has 3 N–H and O–H groups in total. The van der Waals surface area contributed by atoms with Crippen LogP contribution in [-0.4, -0.2) is 35.2 Å². The van der Waals surface area contributed by atoms with Gasteiger partial charge < -0.3 is 24.8 Å². The van der Waals surface area contributed by atoms with Crippen LogP contribution in [0.25, 0.3) is 11.0 Å². The Balaban J connectivity index is 1.51. The number of aromatic nitrogens is 2. The van der Waals surface area contributed by atoms with Crippen molar-refractivity contribution in [3.63, 3.8) is 0 Å². The van der Waals surface area contributed by atoms with Gasteiger partial charge in [0.05, 0.1) is 22.7 Å². The first kappa shape index (κ1) is 17.7. The first-order valence-electron chi connectivity index (χ1n) is 8.66. The number of benzene rings is 2. The maximum absolute atomic E-state index is 13.8. The van der Waals surface area contributed by atoms with Crippen LogP contribution < -0.4 is 10.1 Å². The third-order valence-corrected chi connectivity index (χ3v) is 4.59. The molecule has 1 aliphatic rings. The van der Waals surface area contributed by atoms with Gasteiger partial charge >= 0.3 is 0 Å². The minimum absolute atomic E-state index is 0.112. The van der Waals surface area contributed by atoms with Crippen LogP contribution in [0.3, 0.4) is 0 Å². The predicted octanol–water partition coefficient (Wildman–Crippen LogP) is 4.17. The van der Waals surface area contributed by atoms with Crippen LogP contribution in [-0.2, 0) is 4.74 Å². The summed E-state index contributed by atoms with van der Waals surface area (Å²) in [5.41, 5.74) is 1.63. The van der Waals surface area contributed by atoms with E-state index in [1.54, 1.807) is 18.2 Å². The lowest BCUT2D eigenvalue weighted by atomic mass is 10.1. The zero-order chi connectivity index (χ0) is 18.8. The van der Waals surface area contributed by atoms with Crippen LogP contribution in [0.1, 0.15) is 23.2 Å². The Labute approximate surface area is 159 Å². The second-order valence-electron chi connectivity index (χ2n) is 6.38. The van der Waals surface area contributed by atoms with E-state index in [-0.39, 0.29) is 11.7 Å². The summed E-state index contributed by atoms with van der Waals surface area (Å²) in [6.45, 7) is 1.25. The average molecular weight is 387 g/mol. The number of aromatic amines is 2. The van der Waals surface area contributed by atoms with Crippen molar-refractivity contribution in [3.05, 3.63) is 52.5 Å². The van der Waals surface area contributed by atoms with Gasteiger partial charge in [-0.2, -0.15) is 0 Å². The van der Waals surface area contributed by atoms with Gasteiger partial charge in [-0.15, -0.1) is 0 Å². The number of rotatable bonds is 5. The molecule has 4 rings (SSSR count). The number of nitrogens with one attached hydrogen (secondary N) is 3. The molecule has 1 atom stereocenters. The number of ether oxygens (including phenoxy) is 2. The number of imidazole rings is 1. The van der Waals surface area contributed by atoms with Gasteiger partial charge in [0.15, 0.2) is 4.77 Å². The third-order valence-electron chi connectivity index (χ3n) is 4.39. The standard InChI is InChI=1S/C19H18FN3O3S/c20-11-7-15(17-16(8-11)22-19(27)23-17)18(24)21-12-3-1-4-13(9-12)26-10-14-5-2-6-25-14/h1,3-4,7-9,14H,2,5-6,10H2,(H,21,24)(H2,22,23,27). The second kappa shape index (κ2) is 7.50. The molecular formula is C19H18FN3O3S. The van der Waals surface area contributed by atoms with E-state index in [1.165, 1.54) is 12.1 Å². The molecule has 0 spiro atoms. The maximum Gasteiger partial charge on any atom is 0.257 e. The van der Waals surface area contributed by atoms with Crippen molar-refractivity contribution in [3.8, 4) is 5.75 Å². The molecule has 0 radical (unpaired) electrons. The normalized spacial score (nSPS) is 16.6. The highest BCUT2D eigenvalue weighted by atomic mass is 32.1. The monoisotopic (exact) mass is 387 g/mol. The fourth-order valence-corrected chi connectivity index (χ4v) is 3.33. The van der Waals surface area contributed by atoms with E-state index in [1.807, 2.05) is 6.07 Å². The van der Waals surface area contributed by atoms with E-state index >= 15 is 0 Å². The number of anilines is 1. The number of amides is 1. The van der Waals surface area contributed by atoms with Gasteiger partial charge in [-0.25, -0.2) is 4.39 Å². The molecule has 1 amide bonds. The molecule has 1 aliphatic heterocycles. The summed E-state index contributed by atoms with van der Waals surface area (Å²) in [6.07, 6.45) is 2.15. The molecule has 140 valence electrons. The van der Waals surface area contributed by atoms with E-state index in [4.69, 9.17) is 21.7 Å². The van der Waals surface area contributed by atoms with Gasteiger partial charge in [0.1, 0.15) is 18.2 Å². The first-order valence-corrected chi connectivity index (χ1v) is 9.07. The van der Waals surface area contributed by atoms with Crippen LogP contribution in [0.15, 0.2) is 36.4 Å². The van der Waals surface area contributed by atoms with Gasteiger partial charge in [0, 0.05) is 18.4 Å². The van der Waals surface area contributed by atoms with E-state index in [2.05, 4.69) is 15.3 Å². The highest BCUT2D eigenvalue weighted by molar-refractivity contribution is 7.71. The first-order chi connectivity index (χ1) is 13.1. The zero-order valence-corrected chi connectivity index (χ0v) is 15.2. The molecule has 6 nitrogen and oxygen atoms in total. The van der Waals surface area contributed by atoms with E-state index in [9.17, 15) is 9.18 Å². The molecule has 3 aromatic rings. The smallest absolute Gasteiger partial charge is 0.257 e. The summed E-state index contributed by atoms with van der Waals surface area (Å²) < 4.78 is 25.5. The van der Waals surface area contributed by atoms with E-state index in [0.717, 1.165) is 19.4 Å². The quantitative estimate of drug-likeness (QED) is 0.574. The number of halogens is 1. The molecular weight excluding hydrogens is 369 g/mol. The Bertz CT molecular complexity index is 1040. The van der Waals surface area contributed by atoms with Crippen LogP contribution in [0.2, 0.25) is 0 Å². The largest absolute Gasteiger partial charge is 0.491 e. The Kier molecular flexibility index (Phi) is 4.91. The molecule has 2 aromatic carbocycles. The summed E-state index contributed by atoms with van der Waals surface area (Å²) in [4.78, 5) is 18.4. The molecule has 27 heavy (non-hydrogen) atoms. The lowest BCUT2D eigenvalue weighted by Gasteiger charge is -2.13. The van der Waals surface area contributed by atoms with Crippen LogP contribution in [0.5, 0.6) is 5.75 Å². The predicted molar refractivity (Wildman–Crippen MR) is 102 cm³/mol. The number of carbonyl (C=O) groups excluding carboxylic acids is 1. The van der Waals surface area contributed by atoms with Crippen molar-refractivity contribution < 1.29 is 18.7 Å². The minimum atomic E-state index is -0.522. The summed E-state index contributed by atoms with van der Waals surface area (Å²) in [5.74, 6) is -0.332. The number of H-pyrrole nitrogens is 2. The lowest BCUT2D eigenvalue weighted by Crippen LogP contribution is -2.16. The SMILES string of the molecule is O=C(Nc1cccc(OCC2CCCO2)c1)c1cc(F)cc2[nH]c(=S)[nH]c12. The van der Waals surface area contributed by atoms with E-state index in [0.29, 0.717) is 33.8 Å². The average Bonchev–Trinajstić information content (AvgIpc) is 3.28. The summed E-state index contributed by atoms with van der Waals surface area (Å²) in [5, 5.41) is 2.77. The summed E-state index contributed by atoms with van der Waals surface area (Å²) in [6, 6.07) is 9.53. The number of hydrogen-bond acceptors (Lipinski definition) is 4. The number of fused-ring (bicyclic) bond motifs is 1. The molecule has 0 bridgehead atoms. The topological polar surface area (TPSA) is 79.1 Å². The van der Waals surface area contributed by atoms with Crippen LogP contribution >= 0.6 is 12.2 Å². The van der Waals surface area contributed by atoms with E-state index < -0.39 is 11.7 Å². The highest BCUT2D eigenvalue weighted by Crippen LogP contribution is 2.22. The van der Waals surface area contributed by atoms with Crippen molar-refractivity contribution in [2.45, 2.75) is 18.9 Å². The van der Waals surface area contributed by atoms with Crippen molar-refractivity contribution in [2.75, 3.05) is 18.5 Å². The third kappa shape index (κ3) is 4.01. The minimum Gasteiger partial charge on any atom is -0.491 e. The second-order valence-corrected chi connectivity index (χ2v) is 6.79. The molecule has 2 heterocycles. The Morgan fingerprint density at radius 3 is 3.04 bits per heavy atom. The van der Waals surface area contributed by atoms with Crippen LogP contribution in [0, 0.1) is 10.6 Å². The highest BCUT2D eigenvalue weighted by Gasteiger charge is 2.17. The Morgan fingerprint density at radius 2 is 2.22 bits per heavy atom. The Morgan fingerprint density at radius 1 is 1.33 bits per heavy atom. The van der Waals surface area contributed by atoms with Gasteiger partial charge in [0.25, 0.3) is 5.91 Å². The molecule has 1 aromatic heterocycles. The fourth-order valence-electron chi connectivity index (χ4n) is 3.11. The van der Waals surface area contributed by atoms with Crippen molar-refractivity contribution in [2.24, 2.45) is 0 Å². The maximum atomic E-state index is 13.8. The summed E-state index contributed by atoms with van der Waals surface area (Å²) in [7, 11) is 0. The van der Waals surface area contributed by atoms with Crippen molar-refractivity contribution >= 4 is 34.8 Å². The number of hydrogen-bond donors (Lipinski definition) is 3. The van der Waals surface area contributed by atoms with Gasteiger partial charge in [-0.05, 0) is 49.3 Å². The molecule has 1 fully saturated rings. The summed E-state index contributed by atoms with van der Waals surface area (Å²) >= 11 is 5.03. The molecule has 8 heteroatoms. The number of carbonyl (C=O) groups is 1. The lowest BCUT2D eigenvalue weighted by molar-refractivity contribution is 0.0680. The van der Waals surface area contributed by atoms with Crippen LogP contribution in [0.4, 0.5) is 10.1 Å². The van der Waals surface area contributed by atoms with Gasteiger partial charge in [0.2, 0.25) is 0 Å². The molecule has 0 aliphatic carbocycles. The van der Waals surface area contributed by atoms with Gasteiger partial charge in [-0.3, -0.25) is 4.79 Å². The molecule has 1 saturated heterocycles. The van der Waals surface area contributed by atoms with Crippen molar-refractivity contribution in [1.29, 1.82) is 0 Å². The van der Waals surface area contributed by atoms with Crippen molar-refractivity contribution in [1.82, 2.24) is 9.97 Å². The molecule has 1 unspecified atom stereocenters. The molecule has 0 saturated carbocycles. The zero-order valence-electron chi connectivity index (χ0n) is 14.4.